The molecule has 40 heavy (non-hydrogen) atoms. The molecule has 216 valence electrons. The van der Waals surface area contributed by atoms with Gasteiger partial charge in [-0.2, -0.15) is 18.2 Å². The second-order valence-electron chi connectivity index (χ2n) is 9.59. The molecular formula is C28H34F3N5O3S. The van der Waals surface area contributed by atoms with Crippen LogP contribution in [0.15, 0.2) is 53.9 Å². The van der Waals surface area contributed by atoms with Crippen LogP contribution in [0.25, 0.3) is 0 Å². The number of aryl methyl sites for hydroxylation is 1. The number of halogens is 3. The van der Waals surface area contributed by atoms with Crippen LogP contribution < -0.4 is 16.0 Å². The summed E-state index contributed by atoms with van der Waals surface area (Å²) in [6.45, 7) is 3.39. The number of amides is 1. The largest absolute Gasteiger partial charge is 0.490 e. The SMILES string of the molecule is Cc1cc(N[C@@H](Cc2ccccc2)C(=O)NCc2cccs2)nc(NCC2CCCCC2)n1.O=C(O)C(F)(F)F. The Kier molecular flexibility index (Phi) is 11.7. The molecule has 1 aromatic carbocycles. The van der Waals surface area contributed by atoms with Crippen LogP contribution in [-0.4, -0.2) is 45.7 Å². The van der Waals surface area contributed by atoms with E-state index in [1.165, 1.54) is 32.1 Å². The Morgan fingerprint density at radius 2 is 1.77 bits per heavy atom. The third kappa shape index (κ3) is 10.8. The lowest BCUT2D eigenvalue weighted by atomic mass is 9.89. The molecule has 1 fully saturated rings. The van der Waals surface area contributed by atoms with Crippen LogP contribution in [-0.2, 0) is 22.6 Å². The highest BCUT2D eigenvalue weighted by Gasteiger charge is 2.38. The maximum Gasteiger partial charge on any atom is 0.490 e. The molecule has 0 spiro atoms. The second-order valence-corrected chi connectivity index (χ2v) is 10.6. The van der Waals surface area contributed by atoms with Crippen molar-refractivity contribution < 1.29 is 27.9 Å². The Hall–Kier alpha value is -3.67. The molecule has 2 aromatic heterocycles. The van der Waals surface area contributed by atoms with E-state index in [1.54, 1.807) is 11.3 Å². The Balaban J connectivity index is 0.000000559. The number of thiophene rings is 1. The van der Waals surface area contributed by atoms with Crippen LogP contribution >= 0.6 is 11.3 Å². The van der Waals surface area contributed by atoms with Crippen LogP contribution in [0.5, 0.6) is 0 Å². The monoisotopic (exact) mass is 577 g/mol. The molecule has 1 amide bonds. The molecule has 4 N–H and O–H groups in total. The van der Waals surface area contributed by atoms with E-state index in [2.05, 4.69) is 25.9 Å². The van der Waals surface area contributed by atoms with Crippen LogP contribution in [0.4, 0.5) is 24.9 Å². The Morgan fingerprint density at radius 3 is 2.40 bits per heavy atom. The smallest absolute Gasteiger partial charge is 0.475 e. The van der Waals surface area contributed by atoms with Crippen molar-refractivity contribution in [2.45, 2.75) is 64.2 Å². The van der Waals surface area contributed by atoms with Crippen molar-refractivity contribution in [3.63, 3.8) is 0 Å². The molecule has 12 heteroatoms. The summed E-state index contributed by atoms with van der Waals surface area (Å²) in [5, 5.41) is 19.0. The van der Waals surface area contributed by atoms with Crippen molar-refractivity contribution >= 4 is 35.0 Å². The van der Waals surface area contributed by atoms with Crippen molar-refractivity contribution in [3.8, 4) is 0 Å². The molecule has 0 aliphatic heterocycles. The van der Waals surface area contributed by atoms with Gasteiger partial charge in [-0.1, -0.05) is 55.7 Å². The quantitative estimate of drug-likeness (QED) is 0.240. The Bertz CT molecular complexity index is 1200. The molecule has 0 unspecified atom stereocenters. The van der Waals surface area contributed by atoms with E-state index in [-0.39, 0.29) is 5.91 Å². The van der Waals surface area contributed by atoms with Crippen LogP contribution in [0, 0.1) is 12.8 Å². The van der Waals surface area contributed by atoms with Gasteiger partial charge >= 0.3 is 12.1 Å². The summed E-state index contributed by atoms with van der Waals surface area (Å²) in [6, 6.07) is 15.6. The van der Waals surface area contributed by atoms with E-state index >= 15 is 0 Å². The van der Waals surface area contributed by atoms with Gasteiger partial charge in [-0.05, 0) is 42.7 Å². The lowest BCUT2D eigenvalue weighted by Gasteiger charge is -2.22. The maximum absolute atomic E-state index is 13.1. The van der Waals surface area contributed by atoms with Crippen molar-refractivity contribution in [2.24, 2.45) is 5.92 Å². The van der Waals surface area contributed by atoms with E-state index in [0.29, 0.717) is 30.6 Å². The summed E-state index contributed by atoms with van der Waals surface area (Å²) in [7, 11) is 0. The number of aromatic nitrogens is 2. The number of benzene rings is 1. The van der Waals surface area contributed by atoms with Crippen LogP contribution in [0.2, 0.25) is 0 Å². The van der Waals surface area contributed by atoms with Gasteiger partial charge in [0.2, 0.25) is 11.9 Å². The molecule has 0 radical (unpaired) electrons. The molecule has 1 saturated carbocycles. The van der Waals surface area contributed by atoms with Gasteiger partial charge in [0.05, 0.1) is 6.54 Å². The van der Waals surface area contributed by atoms with E-state index in [0.717, 1.165) is 22.7 Å². The maximum atomic E-state index is 13.1. The molecule has 0 saturated heterocycles. The highest BCUT2D eigenvalue weighted by atomic mass is 32.1. The summed E-state index contributed by atoms with van der Waals surface area (Å²) in [5.74, 6) is -0.817. The highest BCUT2D eigenvalue weighted by molar-refractivity contribution is 7.09. The average molecular weight is 578 g/mol. The third-order valence-corrected chi connectivity index (χ3v) is 7.18. The van der Waals surface area contributed by atoms with Gasteiger partial charge in [0, 0.05) is 29.6 Å². The number of rotatable bonds is 10. The second kappa shape index (κ2) is 15.2. The number of aliphatic carboxylic acids is 1. The number of carbonyl (C=O) groups excluding carboxylic acids is 1. The van der Waals surface area contributed by atoms with Crippen LogP contribution in [0.3, 0.4) is 0 Å². The first kappa shape index (κ1) is 30.9. The molecule has 1 aliphatic rings. The number of nitrogens with zero attached hydrogens (tertiary/aromatic N) is 2. The molecule has 2 heterocycles. The van der Waals surface area contributed by atoms with Crippen LogP contribution in [0.1, 0.15) is 48.2 Å². The predicted octanol–water partition coefficient (Wildman–Crippen LogP) is 5.81. The summed E-state index contributed by atoms with van der Waals surface area (Å²) >= 11 is 1.64. The normalized spacial score (nSPS) is 14.4. The van der Waals surface area contributed by atoms with Crippen molar-refractivity contribution in [3.05, 3.63) is 70.0 Å². The fourth-order valence-electron chi connectivity index (χ4n) is 4.30. The number of carboxylic acid groups (broad SMARTS) is 1. The molecule has 3 aromatic rings. The minimum Gasteiger partial charge on any atom is -0.475 e. The van der Waals surface area contributed by atoms with Gasteiger partial charge in [-0.3, -0.25) is 4.79 Å². The lowest BCUT2D eigenvalue weighted by molar-refractivity contribution is -0.192. The number of anilines is 2. The van der Waals surface area contributed by atoms with E-state index in [1.807, 2.05) is 60.8 Å². The first-order valence-electron chi connectivity index (χ1n) is 13.1. The Morgan fingerprint density at radius 1 is 1.07 bits per heavy atom. The topological polar surface area (TPSA) is 116 Å². The van der Waals surface area contributed by atoms with Gasteiger partial charge in [0.25, 0.3) is 0 Å². The predicted molar refractivity (Wildman–Crippen MR) is 149 cm³/mol. The van der Waals surface area contributed by atoms with Crippen molar-refractivity contribution in [1.29, 1.82) is 0 Å². The standard InChI is InChI=1S/C26H33N5OS.C2HF3O2/c1-19-15-24(31-26(29-19)28-17-21-11-6-3-7-12-21)30-23(16-20-9-4-2-5-10-20)25(32)27-18-22-13-8-14-33-22;3-2(4,5)1(6)7/h2,4-5,8-10,13-15,21,23H,3,6-7,11-12,16-18H2,1H3,(H,27,32)(H2,28,29,30,31);(H,6,7)/t23-;/m0./s1. The Labute approximate surface area is 235 Å². The van der Waals surface area contributed by atoms with Gasteiger partial charge in [-0.15, -0.1) is 11.3 Å². The van der Waals surface area contributed by atoms with Gasteiger partial charge < -0.3 is 21.1 Å². The number of hydrogen-bond acceptors (Lipinski definition) is 7. The van der Waals surface area contributed by atoms with Gasteiger partial charge in [0.15, 0.2) is 0 Å². The third-order valence-electron chi connectivity index (χ3n) is 6.31. The number of carbonyl (C=O) groups is 2. The molecule has 4 rings (SSSR count). The number of carboxylic acids is 1. The van der Waals surface area contributed by atoms with E-state index in [4.69, 9.17) is 9.90 Å². The molecule has 1 atom stereocenters. The fourth-order valence-corrected chi connectivity index (χ4v) is 4.94. The zero-order valence-electron chi connectivity index (χ0n) is 22.2. The summed E-state index contributed by atoms with van der Waals surface area (Å²) in [5.41, 5.74) is 1.97. The molecule has 8 nitrogen and oxygen atoms in total. The van der Waals surface area contributed by atoms with Crippen molar-refractivity contribution in [2.75, 3.05) is 17.2 Å². The van der Waals surface area contributed by atoms with Gasteiger partial charge in [-0.25, -0.2) is 9.78 Å². The molecule has 1 aliphatic carbocycles. The fraction of sp³-hybridized carbons (Fsp3) is 0.429. The minimum atomic E-state index is -5.08. The number of alkyl halides is 3. The van der Waals surface area contributed by atoms with Gasteiger partial charge in [0.1, 0.15) is 11.9 Å². The number of nitrogens with one attached hydrogen (secondary N) is 3. The highest BCUT2D eigenvalue weighted by Crippen LogP contribution is 2.24. The minimum absolute atomic E-state index is 0.0415. The average Bonchev–Trinajstić information content (AvgIpc) is 3.45. The first-order chi connectivity index (χ1) is 19.1. The van der Waals surface area contributed by atoms with E-state index < -0.39 is 18.2 Å². The van der Waals surface area contributed by atoms with Crippen molar-refractivity contribution in [1.82, 2.24) is 15.3 Å². The number of hydrogen-bond donors (Lipinski definition) is 4. The zero-order valence-corrected chi connectivity index (χ0v) is 23.0. The summed E-state index contributed by atoms with van der Waals surface area (Å²) in [6.07, 6.45) is 2.01. The zero-order chi connectivity index (χ0) is 29.0. The first-order valence-corrected chi connectivity index (χ1v) is 14.0. The molecule has 0 bridgehead atoms. The summed E-state index contributed by atoms with van der Waals surface area (Å²) in [4.78, 5) is 32.4. The lowest BCUT2D eigenvalue weighted by Crippen LogP contribution is -2.41. The summed E-state index contributed by atoms with van der Waals surface area (Å²) < 4.78 is 31.7. The van der Waals surface area contributed by atoms with E-state index in [9.17, 15) is 18.0 Å². The molecular weight excluding hydrogens is 543 g/mol.